The van der Waals surface area contributed by atoms with Crippen LogP contribution in [0.3, 0.4) is 0 Å². The molecular formula is C28H39N5O4. The summed E-state index contributed by atoms with van der Waals surface area (Å²) in [6.07, 6.45) is 5.08. The Kier molecular flexibility index (Phi) is 7.69. The van der Waals surface area contributed by atoms with Gasteiger partial charge in [-0.1, -0.05) is 6.07 Å². The zero-order valence-electron chi connectivity index (χ0n) is 22.2. The van der Waals surface area contributed by atoms with Crippen LogP contribution in [0.4, 0.5) is 0 Å². The number of carbonyl (C=O) groups is 2. The van der Waals surface area contributed by atoms with Gasteiger partial charge in [-0.25, -0.2) is 0 Å². The lowest BCUT2D eigenvalue weighted by Gasteiger charge is -2.25. The molecule has 2 saturated heterocycles. The molecule has 2 amide bonds. The molecule has 37 heavy (non-hydrogen) atoms. The predicted octanol–water partition coefficient (Wildman–Crippen LogP) is 2.92. The van der Waals surface area contributed by atoms with E-state index in [4.69, 9.17) is 9.47 Å². The van der Waals surface area contributed by atoms with Crippen LogP contribution in [0.15, 0.2) is 18.2 Å². The fraction of sp³-hybridized carbons (Fsp3) is 0.607. The maximum atomic E-state index is 13.3. The second-order valence-corrected chi connectivity index (χ2v) is 10.6. The van der Waals surface area contributed by atoms with Gasteiger partial charge in [-0.2, -0.15) is 5.10 Å². The Labute approximate surface area is 218 Å². The molecule has 4 bridgehead atoms. The number of methoxy groups -OCH3 is 1. The molecule has 2 N–H and O–H groups in total. The van der Waals surface area contributed by atoms with Crippen LogP contribution in [-0.4, -0.2) is 77.7 Å². The van der Waals surface area contributed by atoms with Crippen LogP contribution >= 0.6 is 0 Å². The number of H-pyrrole nitrogens is 1. The van der Waals surface area contributed by atoms with Crippen LogP contribution in [0.2, 0.25) is 0 Å². The van der Waals surface area contributed by atoms with Gasteiger partial charge in [-0.15, -0.1) is 0 Å². The van der Waals surface area contributed by atoms with Gasteiger partial charge < -0.3 is 19.7 Å². The van der Waals surface area contributed by atoms with E-state index in [-0.39, 0.29) is 24.8 Å². The van der Waals surface area contributed by atoms with E-state index >= 15 is 0 Å². The van der Waals surface area contributed by atoms with Gasteiger partial charge in [-0.3, -0.25) is 19.6 Å². The van der Waals surface area contributed by atoms with Crippen molar-refractivity contribution in [3.05, 3.63) is 40.7 Å². The first-order valence-corrected chi connectivity index (χ1v) is 13.6. The van der Waals surface area contributed by atoms with Crippen molar-refractivity contribution in [2.45, 2.75) is 64.5 Å². The zero-order chi connectivity index (χ0) is 25.9. The molecular weight excluding hydrogens is 470 g/mol. The summed E-state index contributed by atoms with van der Waals surface area (Å²) < 4.78 is 11.8. The lowest BCUT2D eigenvalue weighted by atomic mass is 9.94. The number of aromatic amines is 1. The van der Waals surface area contributed by atoms with Gasteiger partial charge in [0, 0.05) is 36.4 Å². The minimum Gasteiger partial charge on any atom is -0.493 e. The summed E-state index contributed by atoms with van der Waals surface area (Å²) in [6, 6.07) is 7.08. The van der Waals surface area contributed by atoms with Crippen molar-refractivity contribution in [3.63, 3.8) is 0 Å². The van der Waals surface area contributed by atoms with E-state index in [1.54, 1.807) is 12.0 Å². The first kappa shape index (κ1) is 25.6. The first-order valence-electron chi connectivity index (χ1n) is 13.6. The number of aromatic nitrogens is 2. The average molecular weight is 510 g/mol. The number of fused-ring (bicyclic) bond motifs is 8. The predicted molar refractivity (Wildman–Crippen MR) is 140 cm³/mol. The number of nitrogens with one attached hydrogen (secondary N) is 2. The molecule has 9 nitrogen and oxygen atoms in total. The summed E-state index contributed by atoms with van der Waals surface area (Å²) in [5.41, 5.74) is 3.88. The third-order valence-corrected chi connectivity index (χ3v) is 8.32. The van der Waals surface area contributed by atoms with Gasteiger partial charge in [0.15, 0.2) is 11.5 Å². The molecule has 2 aromatic rings. The highest BCUT2D eigenvalue weighted by Gasteiger charge is 2.44. The lowest BCUT2D eigenvalue weighted by molar-refractivity contribution is -0.135. The van der Waals surface area contributed by atoms with Crippen molar-refractivity contribution < 1.29 is 19.1 Å². The number of carbonyl (C=O) groups excluding carboxylic acids is 2. The number of benzene rings is 1. The van der Waals surface area contributed by atoms with Crippen LogP contribution in [-0.2, 0) is 16.0 Å². The highest BCUT2D eigenvalue weighted by atomic mass is 16.5. The molecule has 3 atom stereocenters. The van der Waals surface area contributed by atoms with Crippen molar-refractivity contribution >= 4 is 11.8 Å². The molecule has 0 spiro atoms. The molecule has 3 aliphatic rings. The standard InChI is InChI=1S/C28H39N5O4/c1-18-22(19(2)31-30-18)15-28(35)32-10-4-5-12-37-26-14-20(8-9-25(26)36-3)24-13-21(16-29-27(34)17-32)23-7-6-11-33(23)24/h8-9,14,21,23-24H,4-7,10-13,15-17H2,1-3H3,(H,29,34)(H,30,31)/t21-,23+,24-/m1/s1. The van der Waals surface area contributed by atoms with Gasteiger partial charge >= 0.3 is 0 Å². The monoisotopic (exact) mass is 509 g/mol. The molecule has 1 aromatic heterocycles. The largest absolute Gasteiger partial charge is 0.493 e. The Hall–Kier alpha value is -3.07. The lowest BCUT2D eigenvalue weighted by Crippen LogP contribution is -2.44. The second-order valence-electron chi connectivity index (χ2n) is 10.6. The maximum Gasteiger partial charge on any atom is 0.239 e. The summed E-state index contributed by atoms with van der Waals surface area (Å²) in [5, 5.41) is 10.3. The molecule has 9 heteroatoms. The molecule has 200 valence electrons. The Morgan fingerprint density at radius 1 is 1.22 bits per heavy atom. The Balaban J connectivity index is 1.35. The highest BCUT2D eigenvalue weighted by molar-refractivity contribution is 5.86. The van der Waals surface area contributed by atoms with E-state index < -0.39 is 0 Å². The SMILES string of the molecule is COc1ccc2cc1OCCCCN(C(=O)Cc1c(C)n[nH]c1C)CC(=O)NC[C@H]1C[C@H]2N2CCC[C@@H]12. The number of aryl methyl sites for hydroxylation is 2. The van der Waals surface area contributed by atoms with E-state index in [2.05, 4.69) is 32.5 Å². The van der Waals surface area contributed by atoms with Crippen molar-refractivity contribution in [2.75, 3.05) is 39.9 Å². The molecule has 1 aromatic carbocycles. The fourth-order valence-electron chi connectivity index (χ4n) is 6.30. The summed E-state index contributed by atoms with van der Waals surface area (Å²) in [5.74, 6) is 1.76. The topological polar surface area (TPSA) is 99.8 Å². The summed E-state index contributed by atoms with van der Waals surface area (Å²) in [4.78, 5) is 30.6. The number of hydrogen-bond acceptors (Lipinski definition) is 6. The summed E-state index contributed by atoms with van der Waals surface area (Å²) >= 11 is 0. The molecule has 0 unspecified atom stereocenters. The van der Waals surface area contributed by atoms with E-state index in [0.29, 0.717) is 37.7 Å². The van der Waals surface area contributed by atoms with E-state index in [1.807, 2.05) is 19.9 Å². The van der Waals surface area contributed by atoms with Crippen LogP contribution < -0.4 is 14.8 Å². The maximum absolute atomic E-state index is 13.3. The quantitative estimate of drug-likeness (QED) is 0.660. The van der Waals surface area contributed by atoms with Gasteiger partial charge in [-0.05, 0) is 76.1 Å². The number of nitrogens with zero attached hydrogens (tertiary/aromatic N) is 3. The fourth-order valence-corrected chi connectivity index (χ4v) is 6.30. The van der Waals surface area contributed by atoms with Gasteiger partial charge in [0.05, 0.1) is 32.4 Å². The van der Waals surface area contributed by atoms with Crippen molar-refractivity contribution in [1.29, 1.82) is 0 Å². The minimum atomic E-state index is -0.0861. The summed E-state index contributed by atoms with van der Waals surface area (Å²) in [6.45, 7) is 6.64. The average Bonchev–Trinajstić information content (AvgIpc) is 3.58. The highest BCUT2D eigenvalue weighted by Crippen LogP contribution is 2.46. The number of ether oxygens (including phenoxy) is 2. The molecule has 0 aliphatic carbocycles. The molecule has 4 heterocycles. The third kappa shape index (κ3) is 5.46. The van der Waals surface area contributed by atoms with Crippen molar-refractivity contribution in [1.82, 2.24) is 25.3 Å². The Morgan fingerprint density at radius 3 is 2.86 bits per heavy atom. The number of amides is 2. The third-order valence-electron chi connectivity index (χ3n) is 8.32. The van der Waals surface area contributed by atoms with Crippen molar-refractivity contribution in [2.24, 2.45) is 5.92 Å². The van der Waals surface area contributed by atoms with Crippen LogP contribution in [0, 0.1) is 19.8 Å². The Morgan fingerprint density at radius 2 is 2.08 bits per heavy atom. The molecule has 0 saturated carbocycles. The first-order chi connectivity index (χ1) is 17.9. The van der Waals surface area contributed by atoms with E-state index in [1.165, 1.54) is 12.0 Å². The minimum absolute atomic E-state index is 0.0537. The van der Waals surface area contributed by atoms with Crippen LogP contribution in [0.1, 0.15) is 60.7 Å². The zero-order valence-corrected chi connectivity index (χ0v) is 22.2. The van der Waals surface area contributed by atoms with Crippen LogP contribution in [0.5, 0.6) is 11.5 Å². The molecule has 3 aliphatic heterocycles. The molecule has 2 fully saturated rings. The number of rotatable bonds is 3. The Bertz CT molecular complexity index is 1110. The second kappa shape index (κ2) is 11.1. The van der Waals surface area contributed by atoms with Crippen LogP contribution in [0.25, 0.3) is 0 Å². The molecule has 5 rings (SSSR count). The smallest absolute Gasteiger partial charge is 0.239 e. The van der Waals surface area contributed by atoms with Crippen molar-refractivity contribution in [3.8, 4) is 11.5 Å². The van der Waals surface area contributed by atoms with E-state index in [9.17, 15) is 9.59 Å². The van der Waals surface area contributed by atoms with Gasteiger partial charge in [0.1, 0.15) is 0 Å². The van der Waals surface area contributed by atoms with Gasteiger partial charge in [0.2, 0.25) is 11.8 Å². The van der Waals surface area contributed by atoms with E-state index in [0.717, 1.165) is 60.7 Å². The molecule has 0 radical (unpaired) electrons. The summed E-state index contributed by atoms with van der Waals surface area (Å²) in [7, 11) is 1.67. The van der Waals surface area contributed by atoms with Gasteiger partial charge in [0.25, 0.3) is 0 Å². The number of hydrogen-bond donors (Lipinski definition) is 2. The normalized spacial score (nSPS) is 24.9.